The van der Waals surface area contributed by atoms with Crippen LogP contribution in [0.3, 0.4) is 0 Å². The minimum absolute atomic E-state index is 0.357. The molecule has 3 N–H and O–H groups in total. The molecule has 1 fully saturated rings. The molecule has 100 valence electrons. The van der Waals surface area contributed by atoms with Gasteiger partial charge in [-0.25, -0.2) is 0 Å². The summed E-state index contributed by atoms with van der Waals surface area (Å²) in [6.45, 7) is -0.357. The maximum absolute atomic E-state index is 9.93. The van der Waals surface area contributed by atoms with E-state index in [2.05, 4.69) is 0 Å². The van der Waals surface area contributed by atoms with Crippen molar-refractivity contribution < 1.29 is 24.8 Å². The summed E-state index contributed by atoms with van der Waals surface area (Å²) >= 11 is 5.85. The van der Waals surface area contributed by atoms with Gasteiger partial charge in [0.2, 0.25) is 0 Å². The number of aliphatic hydroxyl groups is 3. The fourth-order valence-electron chi connectivity index (χ4n) is 2.08. The van der Waals surface area contributed by atoms with Crippen LogP contribution in [0, 0.1) is 0 Å². The molecular weight excluding hydrogens is 260 g/mol. The molecule has 1 aliphatic rings. The van der Waals surface area contributed by atoms with Crippen molar-refractivity contribution in [3.05, 3.63) is 28.8 Å². The van der Waals surface area contributed by atoms with Crippen LogP contribution in [0.25, 0.3) is 0 Å². The first kappa shape index (κ1) is 13.6. The Hall–Kier alpha value is -0.850. The fraction of sp³-hybridized carbons (Fsp3) is 0.500. The number of methoxy groups -OCH3 is 1. The van der Waals surface area contributed by atoms with Crippen molar-refractivity contribution in [1.29, 1.82) is 0 Å². The quantitative estimate of drug-likeness (QED) is 0.748. The lowest BCUT2D eigenvalue weighted by molar-refractivity contribution is -0.0233. The SMILES string of the molecule is COc1cc(Cl)ccc1[C@@H]1O[C@H](CO)[C@H](O)[C@@H]1O. The van der Waals surface area contributed by atoms with Crippen molar-refractivity contribution in [2.45, 2.75) is 24.4 Å². The fourth-order valence-corrected chi connectivity index (χ4v) is 2.24. The lowest BCUT2D eigenvalue weighted by atomic mass is 10.0. The van der Waals surface area contributed by atoms with Crippen molar-refractivity contribution in [3.8, 4) is 5.75 Å². The average Bonchev–Trinajstić information content (AvgIpc) is 2.66. The van der Waals surface area contributed by atoms with Crippen LogP contribution in [-0.2, 0) is 4.74 Å². The van der Waals surface area contributed by atoms with Crippen LogP contribution < -0.4 is 4.74 Å². The Morgan fingerprint density at radius 1 is 1.33 bits per heavy atom. The zero-order valence-electron chi connectivity index (χ0n) is 9.78. The molecule has 0 spiro atoms. The third kappa shape index (κ3) is 2.32. The Kier molecular flexibility index (Phi) is 4.09. The molecule has 0 unspecified atom stereocenters. The molecule has 0 amide bonds. The third-order valence-electron chi connectivity index (χ3n) is 3.04. The summed E-state index contributed by atoms with van der Waals surface area (Å²) in [5, 5.41) is 29.2. The molecule has 5 nitrogen and oxygen atoms in total. The topological polar surface area (TPSA) is 79.2 Å². The van der Waals surface area contributed by atoms with E-state index in [9.17, 15) is 10.2 Å². The molecule has 18 heavy (non-hydrogen) atoms. The summed E-state index contributed by atoms with van der Waals surface area (Å²) < 4.78 is 10.6. The Morgan fingerprint density at radius 3 is 2.61 bits per heavy atom. The second kappa shape index (κ2) is 5.42. The molecule has 1 aliphatic heterocycles. The molecule has 0 aromatic heterocycles. The van der Waals surface area contributed by atoms with E-state index in [1.807, 2.05) is 0 Å². The van der Waals surface area contributed by atoms with Gasteiger partial charge in [-0.05, 0) is 12.1 Å². The number of hydrogen-bond donors (Lipinski definition) is 3. The van der Waals surface area contributed by atoms with Crippen LogP contribution in [-0.4, -0.2) is 47.3 Å². The normalized spacial score (nSPS) is 31.6. The summed E-state index contributed by atoms with van der Waals surface area (Å²) in [5.41, 5.74) is 0.587. The van der Waals surface area contributed by atoms with Crippen molar-refractivity contribution in [3.63, 3.8) is 0 Å². The van der Waals surface area contributed by atoms with Crippen molar-refractivity contribution >= 4 is 11.6 Å². The standard InChI is InChI=1S/C12H15ClO5/c1-17-8-4-6(13)2-3-7(8)12-11(16)10(15)9(5-14)18-12/h2-4,9-12,14-16H,5H2,1H3/t9-,10+,11+,12+/m1/s1. The van der Waals surface area contributed by atoms with Crippen LogP contribution in [0.15, 0.2) is 18.2 Å². The van der Waals surface area contributed by atoms with E-state index in [0.29, 0.717) is 16.3 Å². The average molecular weight is 275 g/mol. The number of rotatable bonds is 3. The van der Waals surface area contributed by atoms with Gasteiger partial charge in [0.15, 0.2) is 0 Å². The van der Waals surface area contributed by atoms with Gasteiger partial charge >= 0.3 is 0 Å². The Morgan fingerprint density at radius 2 is 2.06 bits per heavy atom. The van der Waals surface area contributed by atoms with Crippen LogP contribution in [0.2, 0.25) is 5.02 Å². The van der Waals surface area contributed by atoms with Crippen LogP contribution in [0.5, 0.6) is 5.75 Å². The monoisotopic (exact) mass is 274 g/mol. The highest BCUT2D eigenvalue weighted by Gasteiger charge is 2.43. The lowest BCUT2D eigenvalue weighted by Gasteiger charge is -2.18. The number of hydrogen-bond acceptors (Lipinski definition) is 5. The molecule has 0 saturated carbocycles. The van der Waals surface area contributed by atoms with Gasteiger partial charge in [0, 0.05) is 10.6 Å². The summed E-state index contributed by atoms with van der Waals surface area (Å²) in [4.78, 5) is 0. The second-order valence-electron chi connectivity index (χ2n) is 4.15. The molecule has 1 heterocycles. The maximum Gasteiger partial charge on any atom is 0.126 e. The zero-order chi connectivity index (χ0) is 13.3. The summed E-state index contributed by atoms with van der Waals surface area (Å²) in [6.07, 6.45) is -3.78. The van der Waals surface area contributed by atoms with E-state index in [4.69, 9.17) is 26.2 Å². The Bertz CT molecular complexity index is 425. The maximum atomic E-state index is 9.93. The number of ether oxygens (including phenoxy) is 2. The molecule has 4 atom stereocenters. The first-order valence-corrected chi connectivity index (χ1v) is 5.92. The van der Waals surface area contributed by atoms with Crippen molar-refractivity contribution in [1.82, 2.24) is 0 Å². The largest absolute Gasteiger partial charge is 0.496 e. The van der Waals surface area contributed by atoms with Crippen molar-refractivity contribution in [2.24, 2.45) is 0 Å². The molecule has 0 radical (unpaired) electrons. The number of benzene rings is 1. The van der Waals surface area contributed by atoms with Crippen LogP contribution in [0.4, 0.5) is 0 Å². The molecule has 0 aliphatic carbocycles. The summed E-state index contributed by atoms with van der Waals surface area (Å²) in [6, 6.07) is 4.92. The highest BCUT2D eigenvalue weighted by atomic mass is 35.5. The molecular formula is C12H15ClO5. The van der Waals surface area contributed by atoms with Crippen LogP contribution in [0.1, 0.15) is 11.7 Å². The van der Waals surface area contributed by atoms with Gasteiger partial charge < -0.3 is 24.8 Å². The molecule has 1 saturated heterocycles. The van der Waals surface area contributed by atoms with Gasteiger partial charge in [-0.3, -0.25) is 0 Å². The smallest absolute Gasteiger partial charge is 0.126 e. The van der Waals surface area contributed by atoms with Gasteiger partial charge in [0.05, 0.1) is 13.7 Å². The predicted octanol–water partition coefficient (Wildman–Crippen LogP) is 0.503. The van der Waals surface area contributed by atoms with Crippen molar-refractivity contribution in [2.75, 3.05) is 13.7 Å². The predicted molar refractivity (Wildman–Crippen MR) is 64.7 cm³/mol. The van der Waals surface area contributed by atoms with E-state index in [0.717, 1.165) is 0 Å². The van der Waals surface area contributed by atoms with E-state index >= 15 is 0 Å². The zero-order valence-corrected chi connectivity index (χ0v) is 10.5. The molecule has 6 heteroatoms. The minimum Gasteiger partial charge on any atom is -0.496 e. The number of aliphatic hydroxyl groups excluding tert-OH is 3. The molecule has 1 aromatic carbocycles. The summed E-state index contributed by atoms with van der Waals surface area (Å²) in [7, 11) is 1.48. The van der Waals surface area contributed by atoms with Gasteiger partial charge in [0.25, 0.3) is 0 Å². The molecule has 0 bridgehead atoms. The van der Waals surface area contributed by atoms with E-state index in [1.54, 1.807) is 18.2 Å². The first-order valence-electron chi connectivity index (χ1n) is 5.54. The van der Waals surface area contributed by atoms with Crippen LogP contribution >= 0.6 is 11.6 Å². The Labute approximate surface area is 110 Å². The van der Waals surface area contributed by atoms with E-state index in [-0.39, 0.29) is 6.61 Å². The van der Waals surface area contributed by atoms with Gasteiger partial charge in [0.1, 0.15) is 30.2 Å². The Balaban J connectivity index is 2.32. The second-order valence-corrected chi connectivity index (χ2v) is 4.58. The highest BCUT2D eigenvalue weighted by molar-refractivity contribution is 6.30. The first-order chi connectivity index (χ1) is 8.58. The van der Waals surface area contributed by atoms with Gasteiger partial charge in [-0.1, -0.05) is 17.7 Å². The van der Waals surface area contributed by atoms with E-state index < -0.39 is 24.4 Å². The lowest BCUT2D eigenvalue weighted by Crippen LogP contribution is -2.32. The highest BCUT2D eigenvalue weighted by Crippen LogP contribution is 2.38. The number of halogens is 1. The molecule has 2 rings (SSSR count). The molecule has 1 aromatic rings. The third-order valence-corrected chi connectivity index (χ3v) is 3.28. The van der Waals surface area contributed by atoms with Gasteiger partial charge in [-0.2, -0.15) is 0 Å². The van der Waals surface area contributed by atoms with E-state index in [1.165, 1.54) is 7.11 Å². The summed E-state index contributed by atoms with van der Waals surface area (Å²) in [5.74, 6) is 0.470. The van der Waals surface area contributed by atoms with Gasteiger partial charge in [-0.15, -0.1) is 0 Å². The minimum atomic E-state index is -1.12.